The van der Waals surface area contributed by atoms with Crippen molar-refractivity contribution in [1.82, 2.24) is 20.0 Å². The Bertz CT molecular complexity index is 1310. The molecule has 0 aliphatic carbocycles. The van der Waals surface area contributed by atoms with Crippen LogP contribution in [-0.2, 0) is 14.4 Å². The number of aromatic nitrogens is 3. The number of halogens is 7. The van der Waals surface area contributed by atoms with Crippen molar-refractivity contribution in [2.24, 2.45) is 5.73 Å². The van der Waals surface area contributed by atoms with Gasteiger partial charge in [-0.25, -0.2) is 9.59 Å². The molecule has 3 heterocycles. The molecule has 3 aromatic rings. The summed E-state index contributed by atoms with van der Waals surface area (Å²) in [5.74, 6) is -4.23. The number of benzene rings is 1. The molecule has 11 nitrogen and oxygen atoms in total. The number of nitrogens with zero attached hydrogens (tertiary/aromatic N) is 4. The van der Waals surface area contributed by atoms with Gasteiger partial charge in [0.05, 0.1) is 0 Å². The number of carbonyl (C=O) groups excluding carboxylic acids is 1. The molecule has 42 heavy (non-hydrogen) atoms. The Kier molecular flexibility index (Phi) is 12.0. The number of hydrogen-bond donors (Lipinski definition) is 3. The summed E-state index contributed by atoms with van der Waals surface area (Å²) < 4.78 is 69.9. The first-order valence-electron chi connectivity index (χ1n) is 11.6. The van der Waals surface area contributed by atoms with Crippen molar-refractivity contribution in [3.63, 3.8) is 0 Å². The van der Waals surface area contributed by atoms with Crippen LogP contribution in [0.25, 0.3) is 11.4 Å². The Morgan fingerprint density at radius 1 is 0.929 bits per heavy atom. The van der Waals surface area contributed by atoms with E-state index in [1.807, 2.05) is 41.3 Å². The molecule has 1 saturated heterocycles. The standard InChI is InChI=1S/C20H20BrN5O2.2C2HF3O2/c21-16-3-1-13(2-4-16)17(22)20(27)26-11-7-15(8-12-26)19-24-18(25-28-19)14-5-9-23-10-6-14;2*3-2(4,5)1(6)7/h1-6,9-10,15,17H,7-8,11-12,22H2;2*(H,6,7). The molecule has 0 saturated carbocycles. The van der Waals surface area contributed by atoms with Crippen molar-refractivity contribution in [1.29, 1.82) is 0 Å². The molecule has 1 atom stereocenters. The Balaban J connectivity index is 0.000000367. The average molecular weight is 670 g/mol. The predicted molar refractivity (Wildman–Crippen MR) is 135 cm³/mol. The molecule has 1 aliphatic heterocycles. The quantitative estimate of drug-likeness (QED) is 0.334. The predicted octanol–water partition coefficient (Wildman–Crippen LogP) is 4.57. The number of hydrogen-bond acceptors (Lipinski definition) is 8. The molecular weight excluding hydrogens is 648 g/mol. The first-order chi connectivity index (χ1) is 19.5. The normalized spacial score (nSPS) is 14.5. The molecule has 4 N–H and O–H groups in total. The second kappa shape index (κ2) is 14.7. The van der Waals surface area contributed by atoms with E-state index in [0.717, 1.165) is 28.4 Å². The molecule has 1 unspecified atom stereocenters. The number of carboxylic acid groups (broad SMARTS) is 2. The molecule has 1 aliphatic rings. The smallest absolute Gasteiger partial charge is 0.475 e. The molecule has 0 bridgehead atoms. The molecule has 228 valence electrons. The van der Waals surface area contributed by atoms with Gasteiger partial charge in [-0.1, -0.05) is 33.2 Å². The Labute approximate surface area is 241 Å². The second-order valence-corrected chi connectivity index (χ2v) is 9.34. The van der Waals surface area contributed by atoms with E-state index in [4.69, 9.17) is 30.1 Å². The molecule has 18 heteroatoms. The van der Waals surface area contributed by atoms with Crippen molar-refractivity contribution >= 4 is 33.8 Å². The summed E-state index contributed by atoms with van der Waals surface area (Å²) in [6.07, 6.45) is -5.22. The van der Waals surface area contributed by atoms with Gasteiger partial charge in [0.15, 0.2) is 0 Å². The molecular formula is C24H22BrF6N5O6. The third-order valence-electron chi connectivity index (χ3n) is 5.52. The maximum atomic E-state index is 12.7. The summed E-state index contributed by atoms with van der Waals surface area (Å²) >= 11 is 3.39. The second-order valence-electron chi connectivity index (χ2n) is 8.43. The van der Waals surface area contributed by atoms with Gasteiger partial charge in [-0.2, -0.15) is 31.3 Å². The van der Waals surface area contributed by atoms with E-state index in [1.165, 1.54) is 0 Å². The monoisotopic (exact) mass is 669 g/mol. The first-order valence-corrected chi connectivity index (χ1v) is 12.4. The maximum Gasteiger partial charge on any atom is 0.490 e. The minimum Gasteiger partial charge on any atom is -0.475 e. The minimum absolute atomic E-state index is 0.0521. The molecule has 1 fully saturated rings. The lowest BCUT2D eigenvalue weighted by atomic mass is 9.95. The van der Waals surface area contributed by atoms with Gasteiger partial charge in [0.2, 0.25) is 17.6 Å². The molecule has 2 aromatic heterocycles. The highest BCUT2D eigenvalue weighted by atomic mass is 79.9. The number of piperidine rings is 1. The molecule has 0 radical (unpaired) electrons. The van der Waals surface area contributed by atoms with Crippen LogP contribution < -0.4 is 5.73 Å². The fraction of sp³-hybridized carbons (Fsp3) is 0.333. The van der Waals surface area contributed by atoms with E-state index < -0.39 is 30.3 Å². The van der Waals surface area contributed by atoms with Gasteiger partial charge in [0.1, 0.15) is 6.04 Å². The first kappa shape index (κ1) is 34.1. The maximum absolute atomic E-state index is 12.7. The number of rotatable bonds is 4. The summed E-state index contributed by atoms with van der Waals surface area (Å²) in [7, 11) is 0. The zero-order valence-electron chi connectivity index (χ0n) is 21.1. The van der Waals surface area contributed by atoms with E-state index in [9.17, 15) is 31.1 Å². The molecule has 1 aromatic carbocycles. The minimum atomic E-state index is -5.08. The fourth-order valence-electron chi connectivity index (χ4n) is 3.38. The topological polar surface area (TPSA) is 173 Å². The van der Waals surface area contributed by atoms with Crippen LogP contribution in [0.4, 0.5) is 26.3 Å². The van der Waals surface area contributed by atoms with Gasteiger partial charge in [-0.05, 0) is 42.7 Å². The number of aliphatic carboxylic acids is 2. The lowest BCUT2D eigenvalue weighted by molar-refractivity contribution is -0.193. The van der Waals surface area contributed by atoms with Crippen molar-refractivity contribution < 1.29 is 55.5 Å². The lowest BCUT2D eigenvalue weighted by Crippen LogP contribution is -2.43. The van der Waals surface area contributed by atoms with Crippen LogP contribution in [0.1, 0.15) is 36.3 Å². The number of alkyl halides is 6. The van der Waals surface area contributed by atoms with Crippen LogP contribution >= 0.6 is 15.9 Å². The van der Waals surface area contributed by atoms with Gasteiger partial charge >= 0.3 is 24.3 Å². The van der Waals surface area contributed by atoms with Crippen molar-refractivity contribution in [2.75, 3.05) is 13.1 Å². The Morgan fingerprint density at radius 2 is 1.40 bits per heavy atom. The lowest BCUT2D eigenvalue weighted by Gasteiger charge is -2.32. The summed E-state index contributed by atoms with van der Waals surface area (Å²) in [6.45, 7) is 1.25. The zero-order chi connectivity index (χ0) is 31.7. The van der Waals surface area contributed by atoms with Crippen molar-refractivity contribution in [3.05, 3.63) is 64.7 Å². The highest BCUT2D eigenvalue weighted by molar-refractivity contribution is 9.10. The number of amides is 1. The van der Waals surface area contributed by atoms with E-state index in [-0.39, 0.29) is 11.8 Å². The summed E-state index contributed by atoms with van der Waals surface area (Å²) in [5, 5.41) is 18.3. The van der Waals surface area contributed by atoms with E-state index in [2.05, 4.69) is 31.1 Å². The van der Waals surface area contributed by atoms with Crippen LogP contribution in [0.15, 0.2) is 57.8 Å². The van der Waals surface area contributed by atoms with Crippen LogP contribution in [0, 0.1) is 0 Å². The molecule has 1 amide bonds. The van der Waals surface area contributed by atoms with Crippen LogP contribution in [-0.4, -0.2) is 73.5 Å². The van der Waals surface area contributed by atoms with Crippen LogP contribution in [0.5, 0.6) is 0 Å². The summed E-state index contributed by atoms with van der Waals surface area (Å²) in [4.78, 5) is 40.9. The third kappa shape index (κ3) is 10.4. The van der Waals surface area contributed by atoms with E-state index in [1.54, 1.807) is 12.4 Å². The Morgan fingerprint density at radius 3 is 1.86 bits per heavy atom. The number of carbonyl (C=O) groups is 3. The molecule has 0 spiro atoms. The zero-order valence-corrected chi connectivity index (χ0v) is 22.7. The average Bonchev–Trinajstić information content (AvgIpc) is 3.43. The number of nitrogens with two attached hydrogens (primary N) is 1. The third-order valence-corrected chi connectivity index (χ3v) is 6.04. The number of likely N-dealkylation sites (tertiary alicyclic amines) is 1. The highest BCUT2D eigenvalue weighted by Gasteiger charge is 2.39. The largest absolute Gasteiger partial charge is 0.490 e. The number of pyridine rings is 1. The van der Waals surface area contributed by atoms with E-state index >= 15 is 0 Å². The van der Waals surface area contributed by atoms with Crippen molar-refractivity contribution in [3.8, 4) is 11.4 Å². The Hall–Kier alpha value is -4.06. The highest BCUT2D eigenvalue weighted by Crippen LogP contribution is 2.29. The van der Waals surface area contributed by atoms with Crippen molar-refractivity contribution in [2.45, 2.75) is 37.2 Å². The van der Waals surface area contributed by atoms with Gasteiger partial charge in [0, 0.05) is 41.4 Å². The number of carboxylic acids is 2. The summed E-state index contributed by atoms with van der Waals surface area (Å²) in [5.41, 5.74) is 7.87. The SMILES string of the molecule is NC(C(=O)N1CCC(c2nc(-c3ccncc3)no2)CC1)c1ccc(Br)cc1.O=C(O)C(F)(F)F.O=C(O)C(F)(F)F. The van der Waals surface area contributed by atoms with E-state index in [0.29, 0.717) is 24.8 Å². The van der Waals surface area contributed by atoms with Crippen LogP contribution in [0.3, 0.4) is 0 Å². The van der Waals surface area contributed by atoms with Gasteiger partial charge in [0.25, 0.3) is 0 Å². The van der Waals surface area contributed by atoms with Gasteiger partial charge < -0.3 is 25.4 Å². The van der Waals surface area contributed by atoms with Gasteiger partial charge in [-0.15, -0.1) is 0 Å². The summed E-state index contributed by atoms with van der Waals surface area (Å²) in [6, 6.07) is 10.6. The van der Waals surface area contributed by atoms with Crippen LogP contribution in [0.2, 0.25) is 0 Å². The molecule has 4 rings (SSSR count). The fourth-order valence-corrected chi connectivity index (χ4v) is 3.64. The van der Waals surface area contributed by atoms with Gasteiger partial charge in [-0.3, -0.25) is 9.78 Å².